The second kappa shape index (κ2) is 7.37. The molecule has 0 aliphatic carbocycles. The van der Waals surface area contributed by atoms with Crippen LogP contribution in [0.15, 0.2) is 16.6 Å². The lowest BCUT2D eigenvalue weighted by atomic mass is 10.2. The molecule has 0 fully saturated rings. The van der Waals surface area contributed by atoms with Crippen molar-refractivity contribution in [2.75, 3.05) is 13.1 Å². The van der Waals surface area contributed by atoms with Crippen molar-refractivity contribution in [3.05, 3.63) is 27.2 Å². The summed E-state index contributed by atoms with van der Waals surface area (Å²) < 4.78 is 6.87. The molecule has 0 aromatic heterocycles. The summed E-state index contributed by atoms with van der Waals surface area (Å²) in [4.78, 5) is 0. The van der Waals surface area contributed by atoms with Gasteiger partial charge < -0.3 is 10.1 Å². The maximum absolute atomic E-state index is 6.19. The van der Waals surface area contributed by atoms with Crippen LogP contribution in [-0.2, 0) is 0 Å². The molecule has 4 heteroatoms. The molecular weight excluding hydrogens is 314 g/mol. The van der Waals surface area contributed by atoms with Crippen molar-refractivity contribution in [3.63, 3.8) is 0 Å². The Labute approximate surface area is 123 Å². The van der Waals surface area contributed by atoms with Crippen LogP contribution in [0.25, 0.3) is 0 Å². The Morgan fingerprint density at radius 3 is 2.50 bits per heavy atom. The van der Waals surface area contributed by atoms with Crippen LogP contribution in [-0.4, -0.2) is 19.2 Å². The first-order valence-corrected chi connectivity index (χ1v) is 7.40. The Morgan fingerprint density at radius 2 is 1.94 bits per heavy atom. The van der Waals surface area contributed by atoms with Crippen LogP contribution in [0.5, 0.6) is 5.75 Å². The quantitative estimate of drug-likeness (QED) is 0.831. The fourth-order valence-electron chi connectivity index (χ4n) is 1.66. The Kier molecular flexibility index (Phi) is 6.47. The summed E-state index contributed by atoms with van der Waals surface area (Å²) in [5.74, 6) is 1.42. The second-order valence-electron chi connectivity index (χ2n) is 5.01. The maximum Gasteiger partial charge on any atom is 0.141 e. The molecule has 0 bridgehead atoms. The smallest absolute Gasteiger partial charge is 0.141 e. The average Bonchev–Trinajstić information content (AvgIpc) is 2.22. The zero-order valence-corrected chi connectivity index (χ0v) is 13.7. The molecule has 18 heavy (non-hydrogen) atoms. The van der Waals surface area contributed by atoms with Crippen molar-refractivity contribution < 1.29 is 4.74 Å². The first-order chi connectivity index (χ1) is 8.40. The predicted molar refractivity (Wildman–Crippen MR) is 81.7 cm³/mol. The number of rotatable bonds is 6. The SMILES string of the molecule is Cc1cc(Br)cc(Cl)c1OC(C)CNCC(C)C. The van der Waals surface area contributed by atoms with Gasteiger partial charge in [-0.05, 0) is 44.0 Å². The summed E-state index contributed by atoms with van der Waals surface area (Å²) in [7, 11) is 0. The molecule has 0 amide bonds. The van der Waals surface area contributed by atoms with E-state index in [1.54, 1.807) is 0 Å². The van der Waals surface area contributed by atoms with Gasteiger partial charge in [-0.1, -0.05) is 41.4 Å². The molecule has 0 saturated carbocycles. The van der Waals surface area contributed by atoms with Crippen LogP contribution in [0.2, 0.25) is 5.02 Å². The van der Waals surface area contributed by atoms with Gasteiger partial charge in [-0.25, -0.2) is 0 Å². The highest BCUT2D eigenvalue weighted by Gasteiger charge is 2.11. The van der Waals surface area contributed by atoms with E-state index in [1.807, 2.05) is 26.0 Å². The zero-order valence-electron chi connectivity index (χ0n) is 11.4. The predicted octanol–water partition coefficient (Wildman–Crippen LogP) is 4.42. The van der Waals surface area contributed by atoms with E-state index in [1.165, 1.54) is 0 Å². The number of nitrogens with one attached hydrogen (secondary N) is 1. The molecule has 0 saturated heterocycles. The summed E-state index contributed by atoms with van der Waals surface area (Å²) in [5.41, 5.74) is 1.05. The van der Waals surface area contributed by atoms with Gasteiger partial charge in [0.25, 0.3) is 0 Å². The third-order valence-corrected chi connectivity index (χ3v) is 3.24. The van der Waals surface area contributed by atoms with Crippen molar-refractivity contribution in [1.82, 2.24) is 5.32 Å². The third kappa shape index (κ3) is 5.17. The van der Waals surface area contributed by atoms with Gasteiger partial charge in [0, 0.05) is 11.0 Å². The van der Waals surface area contributed by atoms with E-state index in [4.69, 9.17) is 16.3 Å². The number of hydrogen-bond donors (Lipinski definition) is 1. The van der Waals surface area contributed by atoms with Crippen LogP contribution >= 0.6 is 27.5 Å². The van der Waals surface area contributed by atoms with Gasteiger partial charge in [0.1, 0.15) is 11.9 Å². The summed E-state index contributed by atoms with van der Waals surface area (Å²) in [6.45, 7) is 10.2. The monoisotopic (exact) mass is 333 g/mol. The Morgan fingerprint density at radius 1 is 1.28 bits per heavy atom. The molecule has 2 nitrogen and oxygen atoms in total. The fourth-order valence-corrected chi connectivity index (χ4v) is 2.67. The van der Waals surface area contributed by atoms with E-state index >= 15 is 0 Å². The molecule has 1 aromatic rings. The van der Waals surface area contributed by atoms with Gasteiger partial charge in [-0.15, -0.1) is 0 Å². The lowest BCUT2D eigenvalue weighted by molar-refractivity contribution is 0.214. The Bertz CT molecular complexity index is 372. The van der Waals surface area contributed by atoms with E-state index in [0.717, 1.165) is 28.9 Å². The molecule has 1 N–H and O–H groups in total. The number of halogens is 2. The molecule has 0 aliphatic heterocycles. The van der Waals surface area contributed by atoms with Crippen LogP contribution in [0.4, 0.5) is 0 Å². The van der Waals surface area contributed by atoms with Crippen molar-refractivity contribution in [1.29, 1.82) is 0 Å². The molecule has 0 aliphatic rings. The van der Waals surface area contributed by atoms with E-state index in [0.29, 0.717) is 10.9 Å². The minimum absolute atomic E-state index is 0.0983. The molecule has 0 radical (unpaired) electrons. The lowest BCUT2D eigenvalue weighted by Crippen LogP contribution is -2.31. The molecule has 1 unspecified atom stereocenters. The van der Waals surface area contributed by atoms with Crippen LogP contribution in [0.1, 0.15) is 26.3 Å². The Hall–Kier alpha value is -0.250. The molecule has 1 aromatic carbocycles. The highest BCUT2D eigenvalue weighted by molar-refractivity contribution is 9.10. The van der Waals surface area contributed by atoms with Gasteiger partial charge in [0.2, 0.25) is 0 Å². The first kappa shape index (κ1) is 15.8. The topological polar surface area (TPSA) is 21.3 Å². The van der Waals surface area contributed by atoms with Crippen LogP contribution in [0.3, 0.4) is 0 Å². The van der Waals surface area contributed by atoms with Gasteiger partial charge >= 0.3 is 0 Å². The van der Waals surface area contributed by atoms with Gasteiger partial charge in [0.05, 0.1) is 5.02 Å². The highest BCUT2D eigenvalue weighted by atomic mass is 79.9. The standard InChI is InChI=1S/C14H21BrClNO/c1-9(2)7-17-8-11(4)18-14-10(3)5-12(15)6-13(14)16/h5-6,9,11,17H,7-8H2,1-4H3. The minimum atomic E-state index is 0.0983. The lowest BCUT2D eigenvalue weighted by Gasteiger charge is -2.19. The van der Waals surface area contributed by atoms with E-state index in [2.05, 4.69) is 35.1 Å². The molecule has 1 rings (SSSR count). The average molecular weight is 335 g/mol. The van der Waals surface area contributed by atoms with Crippen molar-refractivity contribution in [3.8, 4) is 5.75 Å². The van der Waals surface area contributed by atoms with Crippen molar-refractivity contribution in [2.24, 2.45) is 5.92 Å². The molecular formula is C14H21BrClNO. The van der Waals surface area contributed by atoms with Crippen LogP contribution < -0.4 is 10.1 Å². The highest BCUT2D eigenvalue weighted by Crippen LogP contribution is 2.32. The fraction of sp³-hybridized carbons (Fsp3) is 0.571. The normalized spacial score (nSPS) is 12.8. The number of hydrogen-bond acceptors (Lipinski definition) is 2. The van der Waals surface area contributed by atoms with Crippen molar-refractivity contribution >= 4 is 27.5 Å². The largest absolute Gasteiger partial charge is 0.488 e. The van der Waals surface area contributed by atoms with Gasteiger partial charge in [-0.3, -0.25) is 0 Å². The summed E-state index contributed by atoms with van der Waals surface area (Å²) in [6, 6.07) is 3.87. The van der Waals surface area contributed by atoms with Gasteiger partial charge in [-0.2, -0.15) is 0 Å². The van der Waals surface area contributed by atoms with E-state index in [9.17, 15) is 0 Å². The minimum Gasteiger partial charge on any atom is -0.488 e. The summed E-state index contributed by atoms with van der Waals surface area (Å²) in [6.07, 6.45) is 0.0983. The first-order valence-electron chi connectivity index (χ1n) is 6.23. The third-order valence-electron chi connectivity index (χ3n) is 2.50. The summed E-state index contributed by atoms with van der Waals surface area (Å²) in [5, 5.41) is 4.03. The van der Waals surface area contributed by atoms with Gasteiger partial charge in [0.15, 0.2) is 0 Å². The summed E-state index contributed by atoms with van der Waals surface area (Å²) >= 11 is 9.61. The molecule has 0 spiro atoms. The van der Waals surface area contributed by atoms with E-state index in [-0.39, 0.29) is 6.10 Å². The van der Waals surface area contributed by atoms with Crippen LogP contribution in [0, 0.1) is 12.8 Å². The molecule has 1 atom stereocenters. The second-order valence-corrected chi connectivity index (χ2v) is 6.34. The van der Waals surface area contributed by atoms with Crippen molar-refractivity contribution in [2.45, 2.75) is 33.8 Å². The number of ether oxygens (including phenoxy) is 1. The number of aryl methyl sites for hydroxylation is 1. The zero-order chi connectivity index (χ0) is 13.7. The Balaban J connectivity index is 2.56. The maximum atomic E-state index is 6.19. The number of benzene rings is 1. The van der Waals surface area contributed by atoms with E-state index < -0.39 is 0 Å². The molecule has 102 valence electrons. The molecule has 0 heterocycles.